The number of aliphatic hydroxyl groups excluding tert-OH is 1. The Morgan fingerprint density at radius 1 is 1.11 bits per heavy atom. The number of carbonyl (C=O) groups is 2. The van der Waals surface area contributed by atoms with Crippen LogP contribution in [0.2, 0.25) is 0 Å². The van der Waals surface area contributed by atoms with Gasteiger partial charge < -0.3 is 20.3 Å². The largest absolute Gasteiger partial charge is 0.381 e. The molecule has 0 aliphatic heterocycles. The smallest absolute Gasteiger partial charge is 0.258 e. The highest BCUT2D eigenvalue weighted by Gasteiger charge is 2.28. The Morgan fingerprint density at radius 3 is 2.64 bits per heavy atom. The van der Waals surface area contributed by atoms with Gasteiger partial charge in [0.15, 0.2) is 23.6 Å². The molecule has 186 valence electrons. The highest BCUT2D eigenvalue weighted by Crippen LogP contribution is 2.20. The molecular weight excluding hydrogens is 492 g/mol. The Hall–Kier alpha value is -4.03. The number of aliphatic hydroxyl groups is 1. The molecule has 0 spiro atoms. The Kier molecular flexibility index (Phi) is 8.08. The molecule has 4 rings (SSSR count). The van der Waals surface area contributed by atoms with Crippen LogP contribution in [-0.4, -0.2) is 44.2 Å². The quantitative estimate of drug-likeness (QED) is 0.297. The summed E-state index contributed by atoms with van der Waals surface area (Å²) in [5.74, 6) is -3.41. The Balaban J connectivity index is 1.42. The topological polar surface area (TPSA) is 130 Å². The molecule has 0 saturated heterocycles. The lowest BCUT2D eigenvalue weighted by Gasteiger charge is -2.23. The molecule has 0 saturated carbocycles. The molecule has 0 aliphatic rings. The number of hydrogen-bond donors (Lipinski definition) is 3. The fourth-order valence-electron chi connectivity index (χ4n) is 3.37. The SMILES string of the molecule is O=C(Cc1noc(-c2ccc(F)c(F)c2)n1)N[C@H](Cc1ccccc1)[C@H](O)C(=O)NCc1nccs1. The van der Waals surface area contributed by atoms with E-state index in [1.807, 2.05) is 30.3 Å². The third-order valence-corrected chi connectivity index (χ3v) is 5.92. The van der Waals surface area contributed by atoms with Gasteiger partial charge in [0.05, 0.1) is 19.0 Å². The maximum absolute atomic E-state index is 13.5. The molecule has 2 aromatic heterocycles. The zero-order valence-electron chi connectivity index (χ0n) is 18.7. The van der Waals surface area contributed by atoms with Crippen molar-refractivity contribution in [1.29, 1.82) is 0 Å². The van der Waals surface area contributed by atoms with E-state index in [2.05, 4.69) is 25.8 Å². The Labute approximate surface area is 208 Å². The van der Waals surface area contributed by atoms with Crippen LogP contribution in [0.1, 0.15) is 16.4 Å². The van der Waals surface area contributed by atoms with Crippen molar-refractivity contribution in [2.75, 3.05) is 0 Å². The molecule has 2 heterocycles. The fraction of sp³-hybridized carbons (Fsp3) is 0.208. The predicted molar refractivity (Wildman–Crippen MR) is 125 cm³/mol. The molecule has 3 N–H and O–H groups in total. The van der Waals surface area contributed by atoms with Gasteiger partial charge in [0, 0.05) is 17.1 Å². The van der Waals surface area contributed by atoms with Crippen LogP contribution in [0.15, 0.2) is 64.6 Å². The van der Waals surface area contributed by atoms with Crippen LogP contribution in [0.4, 0.5) is 8.78 Å². The summed E-state index contributed by atoms with van der Waals surface area (Å²) in [5.41, 5.74) is 0.956. The first-order valence-electron chi connectivity index (χ1n) is 10.8. The summed E-state index contributed by atoms with van der Waals surface area (Å²) in [4.78, 5) is 33.4. The van der Waals surface area contributed by atoms with E-state index in [9.17, 15) is 23.5 Å². The number of rotatable bonds is 10. The molecule has 0 fully saturated rings. The minimum absolute atomic E-state index is 0.00611. The van der Waals surface area contributed by atoms with Crippen molar-refractivity contribution in [1.82, 2.24) is 25.8 Å². The fourth-order valence-corrected chi connectivity index (χ4v) is 3.93. The third kappa shape index (κ3) is 6.55. The lowest BCUT2D eigenvalue weighted by atomic mass is 10.0. The molecule has 4 aromatic rings. The number of thiazole rings is 1. The summed E-state index contributed by atoms with van der Waals surface area (Å²) < 4.78 is 31.7. The van der Waals surface area contributed by atoms with Crippen molar-refractivity contribution < 1.29 is 28.0 Å². The summed E-state index contributed by atoms with van der Waals surface area (Å²) in [5, 5.41) is 22.1. The van der Waals surface area contributed by atoms with Crippen molar-refractivity contribution in [3.05, 3.63) is 88.1 Å². The lowest BCUT2D eigenvalue weighted by Crippen LogP contribution is -2.52. The third-order valence-electron chi connectivity index (χ3n) is 5.15. The van der Waals surface area contributed by atoms with Gasteiger partial charge in [-0.1, -0.05) is 35.5 Å². The highest BCUT2D eigenvalue weighted by atomic mass is 32.1. The molecule has 2 atom stereocenters. The van der Waals surface area contributed by atoms with Crippen LogP contribution in [0.25, 0.3) is 11.5 Å². The van der Waals surface area contributed by atoms with Crippen molar-refractivity contribution in [3.8, 4) is 11.5 Å². The average Bonchev–Trinajstić information content (AvgIpc) is 3.56. The number of nitrogens with zero attached hydrogens (tertiary/aromatic N) is 3. The van der Waals surface area contributed by atoms with Crippen molar-refractivity contribution in [2.45, 2.75) is 31.5 Å². The molecule has 0 bridgehead atoms. The number of nitrogens with one attached hydrogen (secondary N) is 2. The number of aromatic nitrogens is 3. The molecule has 2 aromatic carbocycles. The molecule has 0 unspecified atom stereocenters. The second-order valence-electron chi connectivity index (χ2n) is 7.77. The number of carbonyl (C=O) groups excluding carboxylic acids is 2. The first-order valence-corrected chi connectivity index (χ1v) is 11.7. The highest BCUT2D eigenvalue weighted by molar-refractivity contribution is 7.09. The summed E-state index contributed by atoms with van der Waals surface area (Å²) in [6.07, 6.45) is -0.0784. The number of benzene rings is 2. The summed E-state index contributed by atoms with van der Waals surface area (Å²) in [7, 11) is 0. The maximum atomic E-state index is 13.5. The van der Waals surface area contributed by atoms with Crippen LogP contribution in [-0.2, 0) is 29.0 Å². The Bertz CT molecular complexity index is 1320. The average molecular weight is 514 g/mol. The lowest BCUT2D eigenvalue weighted by molar-refractivity contribution is -0.132. The molecule has 0 aliphatic carbocycles. The first kappa shape index (κ1) is 25.1. The van der Waals surface area contributed by atoms with Crippen LogP contribution in [0.5, 0.6) is 0 Å². The molecule has 12 heteroatoms. The normalized spacial score (nSPS) is 12.6. The minimum atomic E-state index is -1.54. The van der Waals surface area contributed by atoms with Crippen LogP contribution < -0.4 is 10.6 Å². The molecule has 9 nitrogen and oxygen atoms in total. The van der Waals surface area contributed by atoms with E-state index in [0.29, 0.717) is 5.01 Å². The maximum Gasteiger partial charge on any atom is 0.258 e. The predicted octanol–water partition coefficient (Wildman–Crippen LogP) is 2.42. The van der Waals surface area contributed by atoms with Crippen LogP contribution in [0.3, 0.4) is 0 Å². The van der Waals surface area contributed by atoms with E-state index in [0.717, 1.165) is 17.7 Å². The van der Waals surface area contributed by atoms with Gasteiger partial charge >= 0.3 is 0 Å². The first-order chi connectivity index (χ1) is 17.4. The Morgan fingerprint density at radius 2 is 1.92 bits per heavy atom. The van der Waals surface area contributed by atoms with Crippen LogP contribution in [0, 0.1) is 11.6 Å². The second kappa shape index (κ2) is 11.6. The molecule has 2 amide bonds. The molecule has 36 heavy (non-hydrogen) atoms. The van der Waals surface area contributed by atoms with Gasteiger partial charge in [0.1, 0.15) is 5.01 Å². The van der Waals surface area contributed by atoms with E-state index in [4.69, 9.17) is 4.52 Å². The van der Waals surface area contributed by atoms with Crippen molar-refractivity contribution >= 4 is 23.2 Å². The summed E-state index contributed by atoms with van der Waals surface area (Å²) >= 11 is 1.36. The van der Waals surface area contributed by atoms with E-state index in [1.54, 1.807) is 11.6 Å². The second-order valence-corrected chi connectivity index (χ2v) is 8.75. The summed E-state index contributed by atoms with van der Waals surface area (Å²) in [6.45, 7) is 0.148. The van der Waals surface area contributed by atoms with Gasteiger partial charge in [-0.25, -0.2) is 13.8 Å². The van der Waals surface area contributed by atoms with Crippen molar-refractivity contribution in [3.63, 3.8) is 0 Å². The van der Waals surface area contributed by atoms with Gasteiger partial charge in [-0.2, -0.15) is 4.98 Å². The number of hydrogen-bond acceptors (Lipinski definition) is 8. The monoisotopic (exact) mass is 513 g/mol. The summed E-state index contributed by atoms with van der Waals surface area (Å²) in [6, 6.07) is 11.2. The van der Waals surface area contributed by atoms with E-state index < -0.39 is 35.6 Å². The zero-order chi connectivity index (χ0) is 25.5. The van der Waals surface area contributed by atoms with Gasteiger partial charge in [0.25, 0.3) is 11.8 Å². The van der Waals surface area contributed by atoms with E-state index in [1.165, 1.54) is 17.4 Å². The van der Waals surface area contributed by atoms with E-state index >= 15 is 0 Å². The molecule has 0 radical (unpaired) electrons. The number of halogens is 2. The van der Waals surface area contributed by atoms with Gasteiger partial charge in [-0.05, 0) is 30.2 Å². The molecular formula is C24H21F2N5O4S. The van der Waals surface area contributed by atoms with E-state index in [-0.39, 0.29) is 36.7 Å². The van der Waals surface area contributed by atoms with Crippen molar-refractivity contribution in [2.24, 2.45) is 0 Å². The van der Waals surface area contributed by atoms with Gasteiger partial charge in [-0.15, -0.1) is 11.3 Å². The van der Waals surface area contributed by atoms with Gasteiger partial charge in [0.2, 0.25) is 5.91 Å². The number of amides is 2. The van der Waals surface area contributed by atoms with Gasteiger partial charge in [-0.3, -0.25) is 9.59 Å². The zero-order valence-corrected chi connectivity index (χ0v) is 19.5. The van der Waals surface area contributed by atoms with Crippen LogP contribution >= 0.6 is 11.3 Å². The minimum Gasteiger partial charge on any atom is -0.381 e. The standard InChI is InChI=1S/C24H21F2N5O4S/c25-16-7-6-15(11-17(16)26)24-30-19(31-35-24)12-20(32)29-18(10-14-4-2-1-3-5-14)22(33)23(34)28-13-21-27-8-9-36-21/h1-9,11,18,22,33H,10,12-13H2,(H,28,34)(H,29,32)/t18-,22+/m1/s1.